The lowest BCUT2D eigenvalue weighted by Crippen LogP contribution is -1.95. The van der Waals surface area contributed by atoms with E-state index in [1.807, 2.05) is 121 Å². The minimum atomic E-state index is 0.527. The average Bonchev–Trinajstić information content (AvgIpc) is 2.89. The van der Waals surface area contributed by atoms with Gasteiger partial charge in [0.25, 0.3) is 0 Å². The molecule has 0 aliphatic carbocycles. The van der Waals surface area contributed by atoms with Gasteiger partial charge in [-0.15, -0.1) is 0 Å². The van der Waals surface area contributed by atoms with Gasteiger partial charge in [-0.3, -0.25) is 0 Å². The normalized spacial score (nSPS) is 10.4. The second-order valence-corrected chi connectivity index (χ2v) is 7.60. The van der Waals surface area contributed by atoms with Crippen LogP contribution >= 0.6 is 0 Å². The molecule has 0 saturated heterocycles. The first kappa shape index (κ1) is 21.9. The van der Waals surface area contributed by atoms with Crippen LogP contribution in [0.3, 0.4) is 0 Å². The van der Waals surface area contributed by atoms with Crippen LogP contribution in [0, 0.1) is 0 Å². The number of anilines is 1. The van der Waals surface area contributed by atoms with Crippen LogP contribution in [0.2, 0.25) is 0 Å². The maximum absolute atomic E-state index is 6.25. The van der Waals surface area contributed by atoms with E-state index in [1.165, 1.54) is 0 Å². The molecule has 0 spiro atoms. The Morgan fingerprint density at radius 1 is 0.314 bits per heavy atom. The molecule has 0 fully saturated rings. The average molecular weight is 462 g/mol. The highest BCUT2D eigenvalue weighted by molar-refractivity contribution is 5.56. The van der Waals surface area contributed by atoms with Gasteiger partial charge in [-0.1, -0.05) is 66.7 Å². The summed E-state index contributed by atoms with van der Waals surface area (Å²) in [5, 5.41) is 0. The van der Waals surface area contributed by atoms with Gasteiger partial charge in [-0.25, -0.2) is 0 Å². The van der Waals surface area contributed by atoms with Gasteiger partial charge in [-0.2, -0.15) is 0 Å². The summed E-state index contributed by atoms with van der Waals surface area (Å²) in [7, 11) is 0. The van der Waals surface area contributed by atoms with Crippen LogP contribution in [-0.4, -0.2) is 0 Å². The number of para-hydroxylation sites is 9. The summed E-state index contributed by atoms with van der Waals surface area (Å²) < 4.78 is 24.6. The monoisotopic (exact) mass is 461 g/mol. The molecule has 5 heteroatoms. The lowest BCUT2D eigenvalue weighted by molar-refractivity contribution is 0.382. The summed E-state index contributed by atoms with van der Waals surface area (Å²) in [5.41, 5.74) is 6.60. The smallest absolute Gasteiger partial charge is 0.170 e. The lowest BCUT2D eigenvalue weighted by atomic mass is 10.2. The van der Waals surface area contributed by atoms with E-state index in [0.717, 1.165) is 5.75 Å². The van der Waals surface area contributed by atoms with Crippen LogP contribution in [0.1, 0.15) is 0 Å². The Morgan fingerprint density at radius 2 is 0.629 bits per heavy atom. The van der Waals surface area contributed by atoms with Crippen LogP contribution in [0.25, 0.3) is 0 Å². The molecule has 0 bridgehead atoms. The van der Waals surface area contributed by atoms with E-state index >= 15 is 0 Å². The number of hydrogen-bond acceptors (Lipinski definition) is 5. The van der Waals surface area contributed by atoms with Crippen LogP contribution in [-0.2, 0) is 0 Å². The molecule has 0 saturated carbocycles. The van der Waals surface area contributed by atoms with E-state index in [2.05, 4.69) is 0 Å². The van der Waals surface area contributed by atoms with Crippen LogP contribution < -0.4 is 24.7 Å². The summed E-state index contributed by atoms with van der Waals surface area (Å²) in [6.45, 7) is 0. The van der Waals surface area contributed by atoms with Gasteiger partial charge in [0.2, 0.25) is 0 Å². The molecule has 172 valence electrons. The molecular weight excluding hydrogens is 438 g/mol. The van der Waals surface area contributed by atoms with Crippen molar-refractivity contribution in [3.8, 4) is 46.0 Å². The molecule has 0 aliphatic rings. The van der Waals surface area contributed by atoms with Crippen molar-refractivity contribution < 1.29 is 18.9 Å². The van der Waals surface area contributed by atoms with Gasteiger partial charge >= 0.3 is 0 Å². The van der Waals surface area contributed by atoms with E-state index in [-0.39, 0.29) is 0 Å². The maximum Gasteiger partial charge on any atom is 0.170 e. The Morgan fingerprint density at radius 3 is 1.06 bits per heavy atom. The Bertz CT molecular complexity index is 1420. The zero-order chi connectivity index (χ0) is 23.9. The topological polar surface area (TPSA) is 62.9 Å². The number of ether oxygens (including phenoxy) is 4. The summed E-state index contributed by atoms with van der Waals surface area (Å²) in [5.74, 6) is 4.56. The minimum Gasteiger partial charge on any atom is -0.453 e. The standard InChI is InChI=1S/C30H23NO4/c31-23-14-4-5-15-24(23)33-27-18-8-9-19-28(27)35-30-21-11-10-20-29(30)34-26-17-7-6-16-25(26)32-22-12-2-1-3-13-22/h1-21H,31H2. The largest absolute Gasteiger partial charge is 0.453 e. The maximum atomic E-state index is 6.25. The Kier molecular flexibility index (Phi) is 6.49. The van der Waals surface area contributed by atoms with E-state index in [1.54, 1.807) is 6.07 Å². The zero-order valence-electron chi connectivity index (χ0n) is 18.8. The highest BCUT2D eigenvalue weighted by atomic mass is 16.6. The molecule has 5 aromatic carbocycles. The molecule has 0 aromatic heterocycles. The first-order valence-electron chi connectivity index (χ1n) is 11.1. The van der Waals surface area contributed by atoms with E-state index in [0.29, 0.717) is 45.9 Å². The first-order chi connectivity index (χ1) is 17.3. The highest BCUT2D eigenvalue weighted by Crippen LogP contribution is 2.42. The minimum absolute atomic E-state index is 0.527. The third-order valence-corrected chi connectivity index (χ3v) is 5.10. The third-order valence-electron chi connectivity index (χ3n) is 5.10. The number of nitrogens with two attached hydrogens (primary N) is 1. The molecule has 0 heterocycles. The number of nitrogen functional groups attached to an aromatic ring is 1. The van der Waals surface area contributed by atoms with Gasteiger partial charge < -0.3 is 24.7 Å². The number of benzene rings is 5. The van der Waals surface area contributed by atoms with Crippen LogP contribution in [0.15, 0.2) is 127 Å². The van der Waals surface area contributed by atoms with E-state index in [9.17, 15) is 0 Å². The summed E-state index contributed by atoms with van der Waals surface area (Å²) >= 11 is 0. The van der Waals surface area contributed by atoms with Crippen molar-refractivity contribution in [1.82, 2.24) is 0 Å². The van der Waals surface area contributed by atoms with Crippen molar-refractivity contribution in [3.05, 3.63) is 127 Å². The van der Waals surface area contributed by atoms with Gasteiger partial charge in [0, 0.05) is 0 Å². The Hall–Kier alpha value is -4.90. The summed E-state index contributed by atoms with van der Waals surface area (Å²) in [6, 6.07) is 39.3. The molecule has 2 N–H and O–H groups in total. The highest BCUT2D eigenvalue weighted by Gasteiger charge is 2.14. The molecular formula is C30H23NO4. The Balaban J connectivity index is 1.41. The van der Waals surface area contributed by atoms with Gasteiger partial charge in [0.1, 0.15) is 5.75 Å². The van der Waals surface area contributed by atoms with Crippen molar-refractivity contribution in [1.29, 1.82) is 0 Å². The summed E-state index contributed by atoms with van der Waals surface area (Å²) in [6.07, 6.45) is 0. The van der Waals surface area contributed by atoms with E-state index < -0.39 is 0 Å². The first-order valence-corrected chi connectivity index (χ1v) is 11.1. The predicted molar refractivity (Wildman–Crippen MR) is 137 cm³/mol. The van der Waals surface area contributed by atoms with Crippen LogP contribution in [0.5, 0.6) is 46.0 Å². The molecule has 0 radical (unpaired) electrons. The van der Waals surface area contributed by atoms with Crippen molar-refractivity contribution in [2.75, 3.05) is 5.73 Å². The zero-order valence-corrected chi connectivity index (χ0v) is 18.8. The fraction of sp³-hybridized carbons (Fsp3) is 0. The molecule has 5 rings (SSSR count). The third kappa shape index (κ3) is 5.37. The Labute approximate surface area is 203 Å². The molecule has 5 nitrogen and oxygen atoms in total. The number of rotatable bonds is 8. The molecule has 0 amide bonds. The fourth-order valence-electron chi connectivity index (χ4n) is 3.40. The molecule has 0 aliphatic heterocycles. The van der Waals surface area contributed by atoms with Crippen molar-refractivity contribution in [3.63, 3.8) is 0 Å². The molecule has 0 unspecified atom stereocenters. The number of hydrogen-bond donors (Lipinski definition) is 1. The quantitative estimate of drug-likeness (QED) is 0.235. The van der Waals surface area contributed by atoms with E-state index in [4.69, 9.17) is 24.7 Å². The fourth-order valence-corrected chi connectivity index (χ4v) is 3.40. The van der Waals surface area contributed by atoms with Crippen molar-refractivity contribution in [2.24, 2.45) is 0 Å². The predicted octanol–water partition coefficient (Wildman–Crippen LogP) is 8.44. The molecule has 5 aromatic rings. The second-order valence-electron chi connectivity index (χ2n) is 7.60. The molecule has 0 atom stereocenters. The van der Waals surface area contributed by atoms with Crippen LogP contribution in [0.4, 0.5) is 5.69 Å². The van der Waals surface area contributed by atoms with Gasteiger partial charge in [0.15, 0.2) is 40.2 Å². The van der Waals surface area contributed by atoms with Gasteiger partial charge in [-0.05, 0) is 60.7 Å². The van der Waals surface area contributed by atoms with Crippen molar-refractivity contribution >= 4 is 5.69 Å². The molecule has 35 heavy (non-hydrogen) atoms. The van der Waals surface area contributed by atoms with Crippen molar-refractivity contribution in [2.45, 2.75) is 0 Å². The lowest BCUT2D eigenvalue weighted by Gasteiger charge is -2.16. The second kappa shape index (κ2) is 10.4. The van der Waals surface area contributed by atoms with Gasteiger partial charge in [0.05, 0.1) is 5.69 Å². The summed E-state index contributed by atoms with van der Waals surface area (Å²) in [4.78, 5) is 0. The SMILES string of the molecule is Nc1ccccc1Oc1ccccc1Oc1ccccc1Oc1ccccc1Oc1ccccc1.